The van der Waals surface area contributed by atoms with E-state index >= 15 is 0 Å². The Hall–Kier alpha value is -3.42. The molecule has 8 heteroatoms. The van der Waals surface area contributed by atoms with Crippen LogP contribution in [-0.4, -0.2) is 30.4 Å². The van der Waals surface area contributed by atoms with Crippen LogP contribution in [-0.2, 0) is 11.3 Å². The van der Waals surface area contributed by atoms with Gasteiger partial charge in [-0.1, -0.05) is 0 Å². The number of benzene rings is 2. The Kier molecular flexibility index (Phi) is 6.48. The fourth-order valence-corrected chi connectivity index (χ4v) is 2.40. The molecular formula is C19H19NO7. The van der Waals surface area contributed by atoms with E-state index in [1.165, 1.54) is 26.2 Å². The van der Waals surface area contributed by atoms with Gasteiger partial charge in [0.2, 0.25) is 0 Å². The summed E-state index contributed by atoms with van der Waals surface area (Å²) >= 11 is 0. The third kappa shape index (κ3) is 4.81. The topological polar surface area (TPSA) is 105 Å². The molecule has 0 amide bonds. The zero-order chi connectivity index (χ0) is 20.0. The number of carbonyl (C=O) groups excluding carboxylic acids is 2. The van der Waals surface area contributed by atoms with E-state index in [9.17, 15) is 19.7 Å². The summed E-state index contributed by atoms with van der Waals surface area (Å²) in [5.41, 5.74) is 0.656. The number of non-ortho nitro benzene ring substituents is 1. The minimum absolute atomic E-state index is 0.0626. The molecule has 0 bridgehead atoms. The number of rotatable bonds is 8. The molecule has 0 unspecified atom stereocenters. The van der Waals surface area contributed by atoms with Gasteiger partial charge >= 0.3 is 5.97 Å². The molecule has 0 aliphatic heterocycles. The van der Waals surface area contributed by atoms with E-state index < -0.39 is 10.9 Å². The number of nitro groups is 1. The Morgan fingerprint density at radius 1 is 1.11 bits per heavy atom. The number of ketones is 1. The Morgan fingerprint density at radius 3 is 2.41 bits per heavy atom. The number of hydrogen-bond donors (Lipinski definition) is 0. The number of Topliss-reactive ketones (excluding diaryl/α,β-unsaturated/α-hetero) is 1. The highest BCUT2D eigenvalue weighted by atomic mass is 16.6. The van der Waals surface area contributed by atoms with Crippen LogP contribution in [0.3, 0.4) is 0 Å². The maximum absolute atomic E-state index is 12.4. The second-order valence-corrected chi connectivity index (χ2v) is 5.53. The minimum Gasteiger partial charge on any atom is -0.496 e. The van der Waals surface area contributed by atoms with Crippen molar-refractivity contribution >= 4 is 17.4 Å². The average molecular weight is 373 g/mol. The first-order valence-electron chi connectivity index (χ1n) is 8.13. The van der Waals surface area contributed by atoms with Gasteiger partial charge in [-0.15, -0.1) is 0 Å². The lowest BCUT2D eigenvalue weighted by atomic mass is 10.1. The number of nitrogens with zero attached hydrogens (tertiary/aromatic N) is 1. The molecule has 2 rings (SSSR count). The SMILES string of the molecule is CCOc1ccc(C(C)=O)cc1COC(=O)c1cc([N+](=O)[O-])ccc1OC. The summed E-state index contributed by atoms with van der Waals surface area (Å²) in [5.74, 6) is -0.272. The van der Waals surface area contributed by atoms with Crippen molar-refractivity contribution in [2.75, 3.05) is 13.7 Å². The van der Waals surface area contributed by atoms with Gasteiger partial charge in [-0.05, 0) is 38.1 Å². The molecule has 0 aromatic heterocycles. The molecule has 0 aliphatic carbocycles. The van der Waals surface area contributed by atoms with Crippen molar-refractivity contribution in [1.82, 2.24) is 0 Å². The van der Waals surface area contributed by atoms with Crippen LogP contribution in [0.15, 0.2) is 36.4 Å². The number of esters is 1. The van der Waals surface area contributed by atoms with Gasteiger partial charge in [-0.25, -0.2) is 4.79 Å². The first-order chi connectivity index (χ1) is 12.9. The number of nitro benzene ring substituents is 1. The molecule has 0 N–H and O–H groups in total. The summed E-state index contributed by atoms with van der Waals surface area (Å²) in [5, 5.41) is 10.9. The summed E-state index contributed by atoms with van der Waals surface area (Å²) in [7, 11) is 1.35. The minimum atomic E-state index is -0.786. The van der Waals surface area contributed by atoms with Crippen LogP contribution in [0.25, 0.3) is 0 Å². The Balaban J connectivity index is 2.27. The summed E-state index contributed by atoms with van der Waals surface area (Å²) in [6.07, 6.45) is 0. The zero-order valence-corrected chi connectivity index (χ0v) is 15.2. The Labute approximate surface area is 155 Å². The third-order valence-corrected chi connectivity index (χ3v) is 3.74. The summed E-state index contributed by atoms with van der Waals surface area (Å²) < 4.78 is 15.8. The first kappa shape index (κ1) is 19.9. The number of hydrogen-bond acceptors (Lipinski definition) is 7. The molecule has 0 heterocycles. The molecule has 0 saturated carbocycles. The molecule has 8 nitrogen and oxygen atoms in total. The molecule has 0 aliphatic rings. The molecule has 2 aromatic carbocycles. The van der Waals surface area contributed by atoms with Crippen molar-refractivity contribution in [2.24, 2.45) is 0 Å². The maximum atomic E-state index is 12.4. The van der Waals surface area contributed by atoms with Crippen LogP contribution < -0.4 is 9.47 Å². The van der Waals surface area contributed by atoms with Crippen molar-refractivity contribution < 1.29 is 28.7 Å². The van der Waals surface area contributed by atoms with Gasteiger partial charge in [0.05, 0.1) is 18.6 Å². The molecule has 27 heavy (non-hydrogen) atoms. The normalized spacial score (nSPS) is 10.2. The fraction of sp³-hybridized carbons (Fsp3) is 0.263. The average Bonchev–Trinajstić information content (AvgIpc) is 2.66. The quantitative estimate of drug-likeness (QED) is 0.301. The smallest absolute Gasteiger partial charge is 0.342 e. The second kappa shape index (κ2) is 8.79. The van der Waals surface area contributed by atoms with Crippen LogP contribution in [0.4, 0.5) is 5.69 Å². The van der Waals surface area contributed by atoms with E-state index in [4.69, 9.17) is 14.2 Å². The van der Waals surface area contributed by atoms with E-state index in [0.29, 0.717) is 23.5 Å². The molecule has 0 spiro atoms. The van der Waals surface area contributed by atoms with E-state index in [1.54, 1.807) is 18.2 Å². The zero-order valence-electron chi connectivity index (χ0n) is 15.2. The van der Waals surface area contributed by atoms with Gasteiger partial charge in [0.25, 0.3) is 5.69 Å². The van der Waals surface area contributed by atoms with Gasteiger partial charge in [-0.2, -0.15) is 0 Å². The van der Waals surface area contributed by atoms with Gasteiger partial charge in [0, 0.05) is 23.3 Å². The van der Waals surface area contributed by atoms with Crippen molar-refractivity contribution in [2.45, 2.75) is 20.5 Å². The largest absolute Gasteiger partial charge is 0.496 e. The number of carbonyl (C=O) groups is 2. The number of ether oxygens (including phenoxy) is 3. The molecule has 0 radical (unpaired) electrons. The maximum Gasteiger partial charge on any atom is 0.342 e. The van der Waals surface area contributed by atoms with Gasteiger partial charge in [-0.3, -0.25) is 14.9 Å². The Bertz CT molecular complexity index is 876. The summed E-state index contributed by atoms with van der Waals surface area (Å²) in [4.78, 5) is 34.3. The highest BCUT2D eigenvalue weighted by molar-refractivity contribution is 5.95. The van der Waals surface area contributed by atoms with Gasteiger partial charge in [0.1, 0.15) is 23.7 Å². The van der Waals surface area contributed by atoms with E-state index in [2.05, 4.69) is 0 Å². The van der Waals surface area contributed by atoms with E-state index in [-0.39, 0.29) is 29.4 Å². The molecule has 0 saturated heterocycles. The Morgan fingerprint density at radius 2 is 1.81 bits per heavy atom. The summed E-state index contributed by atoms with van der Waals surface area (Å²) in [6.45, 7) is 3.47. The van der Waals surface area contributed by atoms with Crippen LogP contribution in [0.2, 0.25) is 0 Å². The van der Waals surface area contributed by atoms with Gasteiger partial charge in [0.15, 0.2) is 5.78 Å². The van der Waals surface area contributed by atoms with E-state index in [1.807, 2.05) is 6.92 Å². The van der Waals surface area contributed by atoms with Crippen LogP contribution in [0.5, 0.6) is 11.5 Å². The third-order valence-electron chi connectivity index (χ3n) is 3.74. The van der Waals surface area contributed by atoms with Crippen molar-refractivity contribution in [3.05, 3.63) is 63.2 Å². The standard InChI is InChI=1S/C19H19NO7/c1-4-26-17-7-5-13(12(2)21)9-14(17)11-27-19(22)16-10-15(20(23)24)6-8-18(16)25-3/h5-10H,4,11H2,1-3H3. The second-order valence-electron chi connectivity index (χ2n) is 5.53. The predicted octanol–water partition coefficient (Wildman–Crippen LogP) is 3.56. The molecule has 0 fully saturated rings. The lowest BCUT2D eigenvalue weighted by Gasteiger charge is -2.13. The van der Waals surface area contributed by atoms with Crippen molar-refractivity contribution in [3.8, 4) is 11.5 Å². The monoisotopic (exact) mass is 373 g/mol. The first-order valence-corrected chi connectivity index (χ1v) is 8.13. The summed E-state index contributed by atoms with van der Waals surface area (Å²) in [6, 6.07) is 8.51. The molecule has 0 atom stereocenters. The van der Waals surface area contributed by atoms with Crippen molar-refractivity contribution in [1.29, 1.82) is 0 Å². The van der Waals surface area contributed by atoms with E-state index in [0.717, 1.165) is 6.07 Å². The highest BCUT2D eigenvalue weighted by Crippen LogP contribution is 2.26. The van der Waals surface area contributed by atoms with Gasteiger partial charge < -0.3 is 14.2 Å². The lowest BCUT2D eigenvalue weighted by Crippen LogP contribution is -2.09. The van der Waals surface area contributed by atoms with Crippen molar-refractivity contribution in [3.63, 3.8) is 0 Å². The lowest BCUT2D eigenvalue weighted by molar-refractivity contribution is -0.384. The van der Waals surface area contributed by atoms with Crippen LogP contribution >= 0.6 is 0 Å². The fourth-order valence-electron chi connectivity index (χ4n) is 2.40. The highest BCUT2D eigenvalue weighted by Gasteiger charge is 2.19. The molecule has 2 aromatic rings. The molecular weight excluding hydrogens is 354 g/mol. The predicted molar refractivity (Wildman–Crippen MR) is 96.4 cm³/mol. The molecule has 142 valence electrons. The number of methoxy groups -OCH3 is 1. The van der Waals surface area contributed by atoms with Crippen LogP contribution in [0.1, 0.15) is 40.1 Å². The van der Waals surface area contributed by atoms with Crippen LogP contribution in [0, 0.1) is 10.1 Å².